The van der Waals surface area contributed by atoms with Crippen LogP contribution >= 0.6 is 45.6 Å². The van der Waals surface area contributed by atoms with Gasteiger partial charge in [-0.2, -0.15) is 34.0 Å². The van der Waals surface area contributed by atoms with Crippen molar-refractivity contribution in [3.05, 3.63) is 110 Å². The molecule has 0 unspecified atom stereocenters. The molecule has 0 saturated carbocycles. The number of halogens is 1. The van der Waals surface area contributed by atoms with Crippen LogP contribution in [0.15, 0.2) is 87.7 Å². The molecule has 3 N–H and O–H groups in total. The second-order valence-electron chi connectivity index (χ2n) is 9.86. The molecule has 0 aromatic carbocycles. The van der Waals surface area contributed by atoms with Gasteiger partial charge in [-0.3, -0.25) is 9.97 Å². The molecule has 0 bridgehead atoms. The number of methoxy groups -OCH3 is 2. The molecule has 6 aromatic rings. The van der Waals surface area contributed by atoms with Gasteiger partial charge in [0.05, 0.1) is 62.8 Å². The molecule has 0 radical (unpaired) electrons. The van der Waals surface area contributed by atoms with Crippen LogP contribution in [-0.2, 0) is 14.2 Å². The van der Waals surface area contributed by atoms with E-state index in [1.807, 2.05) is 33.7 Å². The average Bonchev–Trinajstić information content (AvgIpc) is 4.04. The molecule has 6 aromatic heterocycles. The first-order chi connectivity index (χ1) is 25.6. The molecule has 1 aliphatic heterocycles. The Kier molecular flexibility index (Phi) is 18.8. The maximum Gasteiger partial charge on any atom is 0.489 e. The Morgan fingerprint density at radius 1 is 0.679 bits per heavy atom. The first-order valence-electron chi connectivity index (χ1n) is 15.2. The standard InChI is InChI=1S/C10H8N2O2S.C9H6N2O2S.C6H5ClN2O2.C4H5BO2S.C4H8O/c1-14-10(13)9-5-11-8(4-12-9)7-2-3-15-6-7;12-9(13)8-4-10-7(3-11-8)6-1-2-14-5-6;1-11-6(10)4-2-9-5(7)3-8-4;6-5(7)4-1-2-8-3-4;1-2-4-5-3-1/h2-6H,1H3;1-5H,(H,12,13);2-3H,1H3;1-3,6-7H;1-4H2. The lowest BCUT2D eigenvalue weighted by Gasteiger charge is -1.99. The molecule has 0 spiro atoms. The molecule has 7 heterocycles. The molecule has 1 saturated heterocycles. The van der Waals surface area contributed by atoms with E-state index in [9.17, 15) is 14.4 Å². The molecule has 7 rings (SSSR count). The fourth-order valence-electron chi connectivity index (χ4n) is 3.55. The van der Waals surface area contributed by atoms with E-state index >= 15 is 0 Å². The lowest BCUT2D eigenvalue weighted by Crippen LogP contribution is -2.27. The molecule has 15 nitrogen and oxygen atoms in total. The number of nitrogens with zero attached hydrogens (tertiary/aromatic N) is 6. The quantitative estimate of drug-likeness (QED) is 0.149. The van der Waals surface area contributed by atoms with Crippen molar-refractivity contribution in [3.8, 4) is 22.5 Å². The number of hydrogen-bond acceptors (Lipinski definition) is 17. The maximum absolute atomic E-state index is 11.1. The van der Waals surface area contributed by atoms with Crippen molar-refractivity contribution in [2.75, 3.05) is 27.4 Å². The van der Waals surface area contributed by atoms with Gasteiger partial charge in [0.25, 0.3) is 0 Å². The van der Waals surface area contributed by atoms with Gasteiger partial charge >= 0.3 is 25.0 Å². The van der Waals surface area contributed by atoms with Crippen molar-refractivity contribution in [2.24, 2.45) is 0 Å². The molecule has 0 amide bonds. The Morgan fingerprint density at radius 2 is 1.15 bits per heavy atom. The number of carbonyl (C=O) groups excluding carboxylic acids is 2. The van der Waals surface area contributed by atoms with Crippen LogP contribution in [0.3, 0.4) is 0 Å². The molecule has 1 fully saturated rings. The SMILES string of the molecule is C1CCOC1.COC(=O)c1cnc(-c2ccsc2)cn1.COC(=O)c1cnc(Cl)cn1.O=C(O)c1cnc(-c2ccsc2)cn1.OB(O)c1ccsc1. The summed E-state index contributed by atoms with van der Waals surface area (Å²) in [6.45, 7) is 2.00. The van der Waals surface area contributed by atoms with Gasteiger partial charge in [0, 0.05) is 35.1 Å². The van der Waals surface area contributed by atoms with Crippen LogP contribution in [0.4, 0.5) is 0 Å². The Labute approximate surface area is 321 Å². The Balaban J connectivity index is 0.000000186. The van der Waals surface area contributed by atoms with E-state index in [1.165, 1.54) is 69.4 Å². The number of carboxylic acids is 1. The molecule has 53 heavy (non-hydrogen) atoms. The van der Waals surface area contributed by atoms with Gasteiger partial charge in [-0.1, -0.05) is 17.7 Å². The van der Waals surface area contributed by atoms with E-state index in [1.54, 1.807) is 45.7 Å². The van der Waals surface area contributed by atoms with Crippen molar-refractivity contribution in [1.29, 1.82) is 0 Å². The number of aromatic carboxylic acids is 1. The van der Waals surface area contributed by atoms with Gasteiger partial charge in [-0.25, -0.2) is 34.3 Å². The van der Waals surface area contributed by atoms with Gasteiger partial charge in [0.2, 0.25) is 0 Å². The van der Waals surface area contributed by atoms with Crippen molar-refractivity contribution in [3.63, 3.8) is 0 Å². The highest BCUT2D eigenvalue weighted by Gasteiger charge is 2.10. The van der Waals surface area contributed by atoms with Gasteiger partial charge < -0.3 is 29.4 Å². The van der Waals surface area contributed by atoms with Crippen LogP contribution in [0.2, 0.25) is 5.15 Å². The summed E-state index contributed by atoms with van der Waals surface area (Å²) in [5.41, 5.74) is 4.30. The maximum atomic E-state index is 11.1. The van der Waals surface area contributed by atoms with Crippen molar-refractivity contribution in [2.45, 2.75) is 12.8 Å². The van der Waals surface area contributed by atoms with E-state index in [2.05, 4.69) is 39.4 Å². The van der Waals surface area contributed by atoms with E-state index < -0.39 is 25.0 Å². The first kappa shape index (κ1) is 42.4. The summed E-state index contributed by atoms with van der Waals surface area (Å²) < 4.78 is 13.9. The van der Waals surface area contributed by atoms with Crippen LogP contribution in [0.1, 0.15) is 44.3 Å². The summed E-state index contributed by atoms with van der Waals surface area (Å²) in [6.07, 6.45) is 10.8. The third-order valence-corrected chi connectivity index (χ3v) is 8.50. The topological polar surface area (TPSA) is 217 Å². The fraction of sp³-hybridized carbons (Fsp3) is 0.182. The summed E-state index contributed by atoms with van der Waals surface area (Å²) in [5, 5.41) is 37.1. The molecule has 0 atom stereocenters. The highest BCUT2D eigenvalue weighted by molar-refractivity contribution is 7.09. The predicted molar refractivity (Wildman–Crippen MR) is 202 cm³/mol. The van der Waals surface area contributed by atoms with Crippen molar-refractivity contribution in [1.82, 2.24) is 29.9 Å². The number of ether oxygens (including phenoxy) is 3. The van der Waals surface area contributed by atoms with E-state index in [0.29, 0.717) is 11.2 Å². The van der Waals surface area contributed by atoms with Gasteiger partial charge in [-0.15, -0.1) is 0 Å². The van der Waals surface area contributed by atoms with Crippen LogP contribution in [0.5, 0.6) is 0 Å². The molecule has 20 heteroatoms. The lowest BCUT2D eigenvalue weighted by molar-refractivity contribution is 0.0584. The van der Waals surface area contributed by atoms with Crippen LogP contribution in [0.25, 0.3) is 22.5 Å². The number of carboxylic acid groups (broad SMARTS) is 1. The zero-order valence-corrected chi connectivity index (χ0v) is 31.3. The average molecular weight is 799 g/mol. The summed E-state index contributed by atoms with van der Waals surface area (Å²) in [7, 11) is 1.29. The summed E-state index contributed by atoms with van der Waals surface area (Å²) >= 11 is 10.0. The van der Waals surface area contributed by atoms with Crippen molar-refractivity contribution < 1.29 is 43.7 Å². The van der Waals surface area contributed by atoms with Crippen molar-refractivity contribution >= 4 is 76.1 Å². The minimum Gasteiger partial charge on any atom is -0.476 e. The smallest absolute Gasteiger partial charge is 0.476 e. The number of aromatic nitrogens is 6. The zero-order chi connectivity index (χ0) is 38.4. The van der Waals surface area contributed by atoms with Gasteiger partial charge in [0.1, 0.15) is 5.15 Å². The van der Waals surface area contributed by atoms with Crippen LogP contribution in [0, 0.1) is 0 Å². The predicted octanol–water partition coefficient (Wildman–Crippen LogP) is 5.04. The number of thiophene rings is 3. The molecule has 1 aliphatic rings. The summed E-state index contributed by atoms with van der Waals surface area (Å²) in [6, 6.07) is 5.54. The number of rotatable bonds is 6. The largest absolute Gasteiger partial charge is 0.489 e. The first-order valence-corrected chi connectivity index (χ1v) is 18.4. The van der Waals surface area contributed by atoms with Crippen LogP contribution < -0.4 is 5.46 Å². The minimum absolute atomic E-state index is 0.0380. The second kappa shape index (κ2) is 23.5. The summed E-state index contributed by atoms with van der Waals surface area (Å²) in [4.78, 5) is 55.6. The van der Waals surface area contributed by atoms with Crippen LogP contribution in [-0.4, -0.2) is 97.5 Å². The third kappa shape index (κ3) is 15.2. The molecule has 276 valence electrons. The fourth-order valence-corrected chi connectivity index (χ4v) is 5.62. The highest BCUT2D eigenvalue weighted by atomic mass is 35.5. The third-order valence-electron chi connectivity index (χ3n) is 6.23. The van der Waals surface area contributed by atoms with E-state index in [-0.39, 0.29) is 22.2 Å². The Hall–Kier alpha value is -5.02. The highest BCUT2D eigenvalue weighted by Crippen LogP contribution is 2.19. The zero-order valence-electron chi connectivity index (χ0n) is 28.1. The van der Waals surface area contributed by atoms with Gasteiger partial charge in [-0.05, 0) is 52.0 Å². The normalized spacial score (nSPS) is 11.0. The minimum atomic E-state index is -1.30. The number of esters is 2. The second-order valence-corrected chi connectivity index (χ2v) is 12.6. The number of carbonyl (C=O) groups is 3. The van der Waals surface area contributed by atoms with E-state index in [4.69, 9.17) is 31.5 Å². The monoisotopic (exact) mass is 798 g/mol. The lowest BCUT2D eigenvalue weighted by atomic mass is 9.83. The van der Waals surface area contributed by atoms with E-state index in [0.717, 1.165) is 30.0 Å². The summed E-state index contributed by atoms with van der Waals surface area (Å²) in [5.74, 6) is -2.05. The Bertz CT molecular complexity index is 1910. The molecular weight excluding hydrogens is 767 g/mol. The Morgan fingerprint density at radius 3 is 1.45 bits per heavy atom. The van der Waals surface area contributed by atoms with Gasteiger partial charge in [0.15, 0.2) is 17.1 Å². The molecule has 0 aliphatic carbocycles. The number of hydrogen-bond donors (Lipinski definition) is 3. The molecular formula is C33H32BClN6O9S3.